The van der Waals surface area contributed by atoms with Crippen molar-refractivity contribution in [3.8, 4) is 11.8 Å². The van der Waals surface area contributed by atoms with E-state index in [-0.39, 0.29) is 12.6 Å². The molecule has 0 aliphatic carbocycles. The zero-order valence-electron chi connectivity index (χ0n) is 12.5. The number of rotatable bonds is 5. The van der Waals surface area contributed by atoms with Crippen LogP contribution in [0, 0.1) is 11.3 Å². The Morgan fingerprint density at radius 1 is 1.13 bits per heavy atom. The molecule has 0 saturated carbocycles. The third-order valence-electron chi connectivity index (χ3n) is 3.57. The maximum absolute atomic E-state index is 11.3. The average molecular weight is 305 g/mol. The Morgan fingerprint density at radius 3 is 2.65 bits per heavy atom. The van der Waals surface area contributed by atoms with Crippen LogP contribution < -0.4 is 4.74 Å². The van der Waals surface area contributed by atoms with Crippen LogP contribution in [0.15, 0.2) is 54.6 Å². The van der Waals surface area contributed by atoms with Gasteiger partial charge in [0.15, 0.2) is 0 Å². The molecule has 0 radical (unpaired) electrons. The molecule has 2 aromatic carbocycles. The molecule has 1 heterocycles. The fraction of sp³-hybridized carbons (Fsp3) is 0.158. The summed E-state index contributed by atoms with van der Waals surface area (Å²) in [6, 6.07) is 17.6. The predicted octanol–water partition coefficient (Wildman–Crippen LogP) is 3.27. The van der Waals surface area contributed by atoms with Crippen molar-refractivity contribution in [2.75, 3.05) is 6.61 Å². The molecule has 1 aliphatic rings. The van der Waals surface area contributed by atoms with Crippen molar-refractivity contribution in [2.45, 2.75) is 13.0 Å². The smallest absolute Gasteiger partial charge is 0.331 e. The highest BCUT2D eigenvalue weighted by molar-refractivity contribution is 5.96. The number of nitriles is 1. The van der Waals surface area contributed by atoms with E-state index in [2.05, 4.69) is 6.07 Å². The summed E-state index contributed by atoms with van der Waals surface area (Å²) in [6.07, 6.45) is 1.79. The topological polar surface area (TPSA) is 59.3 Å². The van der Waals surface area contributed by atoms with Crippen LogP contribution in [-0.4, -0.2) is 12.6 Å². The number of carbonyl (C=O) groups excluding carboxylic acids is 1. The van der Waals surface area contributed by atoms with Crippen molar-refractivity contribution in [3.63, 3.8) is 0 Å². The van der Waals surface area contributed by atoms with E-state index < -0.39 is 0 Å². The van der Waals surface area contributed by atoms with E-state index in [4.69, 9.17) is 14.7 Å². The van der Waals surface area contributed by atoms with Gasteiger partial charge in [-0.1, -0.05) is 36.4 Å². The van der Waals surface area contributed by atoms with Crippen molar-refractivity contribution in [1.29, 1.82) is 5.26 Å². The number of carbonyl (C=O) groups is 1. The molecule has 3 rings (SSSR count). The summed E-state index contributed by atoms with van der Waals surface area (Å²) in [7, 11) is 0. The van der Waals surface area contributed by atoms with Crippen molar-refractivity contribution >= 4 is 11.5 Å². The highest BCUT2D eigenvalue weighted by Crippen LogP contribution is 2.30. The molecule has 0 atom stereocenters. The van der Waals surface area contributed by atoms with Crippen molar-refractivity contribution in [3.05, 3.63) is 71.3 Å². The highest BCUT2D eigenvalue weighted by Gasteiger charge is 2.18. The Bertz CT molecular complexity index is 788. The number of ether oxygens (including phenoxy) is 2. The predicted molar refractivity (Wildman–Crippen MR) is 85.5 cm³/mol. The number of esters is 1. The number of nitrogens with zero attached hydrogens (tertiary/aromatic N) is 1. The molecule has 4 nitrogen and oxygen atoms in total. The molecule has 23 heavy (non-hydrogen) atoms. The SMILES string of the molecule is N#CCc1ccc(OCc2ccccc2)c(C2=CC(=O)OC2)c1. The van der Waals surface area contributed by atoms with Gasteiger partial charge in [-0.25, -0.2) is 4.79 Å². The summed E-state index contributed by atoms with van der Waals surface area (Å²) in [5.41, 5.74) is 3.53. The van der Waals surface area contributed by atoms with E-state index in [1.807, 2.05) is 48.5 Å². The van der Waals surface area contributed by atoms with E-state index in [9.17, 15) is 4.79 Å². The van der Waals surface area contributed by atoms with Crippen LogP contribution in [0.4, 0.5) is 0 Å². The Hall–Kier alpha value is -3.06. The Morgan fingerprint density at radius 2 is 1.96 bits per heavy atom. The first-order valence-corrected chi connectivity index (χ1v) is 7.30. The van der Waals surface area contributed by atoms with Crippen LogP contribution in [0.25, 0.3) is 5.57 Å². The molecule has 2 aromatic rings. The molecule has 0 bridgehead atoms. The molecule has 0 saturated heterocycles. The van der Waals surface area contributed by atoms with E-state index in [1.54, 1.807) is 0 Å². The molecule has 1 aliphatic heterocycles. The first-order valence-electron chi connectivity index (χ1n) is 7.30. The lowest BCUT2D eigenvalue weighted by Crippen LogP contribution is -2.00. The quantitative estimate of drug-likeness (QED) is 0.795. The molecule has 0 aromatic heterocycles. The Kier molecular flexibility index (Phi) is 4.39. The van der Waals surface area contributed by atoms with E-state index in [0.29, 0.717) is 18.8 Å². The number of benzene rings is 2. The summed E-state index contributed by atoms with van der Waals surface area (Å²) in [5, 5.41) is 8.86. The van der Waals surface area contributed by atoms with Gasteiger partial charge in [-0.2, -0.15) is 5.26 Å². The fourth-order valence-corrected chi connectivity index (χ4v) is 2.42. The first-order chi connectivity index (χ1) is 11.3. The second kappa shape index (κ2) is 6.80. The van der Waals surface area contributed by atoms with Gasteiger partial charge in [0.1, 0.15) is 19.0 Å². The first kappa shape index (κ1) is 14.9. The molecular weight excluding hydrogens is 290 g/mol. The van der Waals surface area contributed by atoms with E-state index >= 15 is 0 Å². The van der Waals surface area contributed by atoms with Crippen LogP contribution in [0.2, 0.25) is 0 Å². The van der Waals surface area contributed by atoms with Crippen molar-refractivity contribution in [1.82, 2.24) is 0 Å². The third kappa shape index (κ3) is 3.58. The largest absolute Gasteiger partial charge is 0.488 e. The molecule has 0 amide bonds. The van der Waals surface area contributed by atoms with Gasteiger partial charge in [0.2, 0.25) is 0 Å². The minimum Gasteiger partial charge on any atom is -0.488 e. The van der Waals surface area contributed by atoms with Gasteiger partial charge in [-0.15, -0.1) is 0 Å². The molecule has 4 heteroatoms. The molecule has 0 spiro atoms. The van der Waals surface area contributed by atoms with Crippen LogP contribution in [0.1, 0.15) is 16.7 Å². The van der Waals surface area contributed by atoms with Crippen LogP contribution in [0.5, 0.6) is 5.75 Å². The Balaban J connectivity index is 1.88. The number of hydrogen-bond donors (Lipinski definition) is 0. The van der Waals surface area contributed by atoms with E-state index in [0.717, 1.165) is 22.3 Å². The second-order valence-corrected chi connectivity index (χ2v) is 5.22. The van der Waals surface area contributed by atoms with E-state index in [1.165, 1.54) is 6.08 Å². The summed E-state index contributed by atoms with van der Waals surface area (Å²) in [6.45, 7) is 0.671. The van der Waals surface area contributed by atoms with Gasteiger partial charge in [0, 0.05) is 17.2 Å². The third-order valence-corrected chi connectivity index (χ3v) is 3.57. The van der Waals surface area contributed by atoms with Gasteiger partial charge in [0.25, 0.3) is 0 Å². The lowest BCUT2D eigenvalue weighted by Gasteiger charge is -2.13. The van der Waals surface area contributed by atoms with Gasteiger partial charge < -0.3 is 9.47 Å². The van der Waals surface area contributed by atoms with Gasteiger partial charge in [-0.05, 0) is 23.3 Å². The minimum atomic E-state index is -0.348. The fourth-order valence-electron chi connectivity index (χ4n) is 2.42. The monoisotopic (exact) mass is 305 g/mol. The Labute approximate surface area is 134 Å². The minimum absolute atomic E-state index is 0.233. The summed E-state index contributed by atoms with van der Waals surface area (Å²) in [5.74, 6) is 0.333. The average Bonchev–Trinajstić information content (AvgIpc) is 3.01. The normalized spacial score (nSPS) is 13.2. The van der Waals surface area contributed by atoms with Crippen LogP contribution >= 0.6 is 0 Å². The zero-order valence-corrected chi connectivity index (χ0v) is 12.5. The molecule has 0 unspecified atom stereocenters. The molecule has 0 N–H and O–H groups in total. The number of cyclic esters (lactones) is 1. The summed E-state index contributed by atoms with van der Waals surface area (Å²) >= 11 is 0. The van der Waals surface area contributed by atoms with Gasteiger partial charge >= 0.3 is 5.97 Å². The second-order valence-electron chi connectivity index (χ2n) is 5.22. The molecule has 0 fully saturated rings. The summed E-state index contributed by atoms with van der Waals surface area (Å²) < 4.78 is 10.9. The maximum Gasteiger partial charge on any atom is 0.331 e. The number of hydrogen-bond acceptors (Lipinski definition) is 4. The zero-order chi connectivity index (χ0) is 16.1. The van der Waals surface area contributed by atoms with Crippen LogP contribution in [0.3, 0.4) is 0 Å². The maximum atomic E-state index is 11.3. The van der Waals surface area contributed by atoms with Crippen molar-refractivity contribution in [2.24, 2.45) is 0 Å². The van der Waals surface area contributed by atoms with Gasteiger partial charge in [-0.3, -0.25) is 0 Å². The molecule has 114 valence electrons. The molecular formula is C19H15NO3. The van der Waals surface area contributed by atoms with Gasteiger partial charge in [0.05, 0.1) is 12.5 Å². The highest BCUT2D eigenvalue weighted by atomic mass is 16.5. The van der Waals surface area contributed by atoms with Crippen molar-refractivity contribution < 1.29 is 14.3 Å². The summed E-state index contributed by atoms with van der Waals surface area (Å²) in [4.78, 5) is 11.3. The van der Waals surface area contributed by atoms with Crippen LogP contribution in [-0.2, 0) is 22.6 Å². The lowest BCUT2D eigenvalue weighted by molar-refractivity contribution is -0.134. The standard InChI is InChI=1S/C19H15NO3/c20-9-8-14-6-7-18(22-12-15-4-2-1-3-5-15)17(10-14)16-11-19(21)23-13-16/h1-7,10-11H,8,12-13H2. The lowest BCUT2D eigenvalue weighted by atomic mass is 10.0.